The van der Waals surface area contributed by atoms with Crippen LogP contribution in [0.2, 0.25) is 0 Å². The summed E-state index contributed by atoms with van der Waals surface area (Å²) < 4.78 is 27.4. The van der Waals surface area contributed by atoms with E-state index in [1.807, 2.05) is 0 Å². The summed E-state index contributed by atoms with van der Waals surface area (Å²) in [7, 11) is -3.52. The van der Waals surface area contributed by atoms with Crippen LogP contribution in [0.5, 0.6) is 0 Å². The molecule has 0 spiro atoms. The summed E-state index contributed by atoms with van der Waals surface area (Å²) in [6.45, 7) is 6.03. The molecule has 0 radical (unpaired) electrons. The predicted molar refractivity (Wildman–Crippen MR) is 94.8 cm³/mol. The molecule has 1 aliphatic rings. The van der Waals surface area contributed by atoms with E-state index in [1.165, 1.54) is 18.5 Å². The molecule has 6 nitrogen and oxygen atoms in total. The summed E-state index contributed by atoms with van der Waals surface area (Å²) >= 11 is 0. The first kappa shape index (κ1) is 17.0. The molecular weight excluding hydrogens is 324 g/mol. The number of aromatic nitrogens is 2. The number of hydrogen-bond acceptors (Lipinski definition) is 4. The van der Waals surface area contributed by atoms with Crippen LogP contribution in [-0.4, -0.2) is 38.2 Å². The Labute approximate surface area is 143 Å². The third kappa shape index (κ3) is 3.62. The number of rotatable bonds is 6. The Bertz CT molecular complexity index is 771. The van der Waals surface area contributed by atoms with E-state index in [-0.39, 0.29) is 4.90 Å². The van der Waals surface area contributed by atoms with Crippen LogP contribution in [0.4, 0.5) is 5.69 Å². The molecule has 1 aromatic heterocycles. The van der Waals surface area contributed by atoms with Gasteiger partial charge in [-0.1, -0.05) is 12.1 Å². The highest BCUT2D eigenvalue weighted by molar-refractivity contribution is 7.89. The summed E-state index contributed by atoms with van der Waals surface area (Å²) in [5, 5.41) is 6.66. The summed E-state index contributed by atoms with van der Waals surface area (Å²) in [4.78, 5) is 2.64. The lowest BCUT2D eigenvalue weighted by atomic mass is 10.1. The standard InChI is InChI=1S/C17H24N4O2S/c1-13-17(14(2)20-19-13)24(22,23)18-10-9-15-5-7-16(8-6-15)21-11-3-4-12-21/h5-8,18H,3-4,9-12H2,1-2H3,(H,19,20). The first-order valence-electron chi connectivity index (χ1n) is 8.32. The van der Waals surface area contributed by atoms with Crippen LogP contribution in [0.1, 0.15) is 29.8 Å². The second-order valence-electron chi connectivity index (χ2n) is 6.27. The van der Waals surface area contributed by atoms with Gasteiger partial charge in [-0.3, -0.25) is 5.10 Å². The minimum Gasteiger partial charge on any atom is -0.372 e. The van der Waals surface area contributed by atoms with E-state index in [9.17, 15) is 8.42 Å². The van der Waals surface area contributed by atoms with Gasteiger partial charge in [-0.2, -0.15) is 5.10 Å². The van der Waals surface area contributed by atoms with Crippen LogP contribution < -0.4 is 9.62 Å². The Hall–Kier alpha value is -1.86. The van der Waals surface area contributed by atoms with Gasteiger partial charge in [0.2, 0.25) is 10.0 Å². The minimum absolute atomic E-state index is 0.256. The van der Waals surface area contributed by atoms with E-state index in [0.29, 0.717) is 24.4 Å². The predicted octanol–water partition coefficient (Wildman–Crippen LogP) is 2.15. The number of anilines is 1. The molecule has 130 valence electrons. The van der Waals surface area contributed by atoms with Crippen molar-refractivity contribution < 1.29 is 8.42 Å². The van der Waals surface area contributed by atoms with Crippen molar-refractivity contribution in [2.24, 2.45) is 0 Å². The molecule has 1 aliphatic heterocycles. The molecule has 7 heteroatoms. The van der Waals surface area contributed by atoms with E-state index in [4.69, 9.17) is 0 Å². The molecule has 24 heavy (non-hydrogen) atoms. The molecule has 2 aromatic rings. The molecule has 0 atom stereocenters. The Kier molecular flexibility index (Phi) is 4.91. The first-order valence-corrected chi connectivity index (χ1v) is 9.81. The van der Waals surface area contributed by atoms with E-state index >= 15 is 0 Å². The van der Waals surface area contributed by atoms with Crippen molar-refractivity contribution >= 4 is 15.7 Å². The summed E-state index contributed by atoms with van der Waals surface area (Å²) in [6, 6.07) is 8.41. The number of benzene rings is 1. The molecule has 1 aromatic carbocycles. The van der Waals surface area contributed by atoms with Crippen LogP contribution in [0, 0.1) is 13.8 Å². The number of H-pyrrole nitrogens is 1. The second-order valence-corrected chi connectivity index (χ2v) is 7.98. The van der Waals surface area contributed by atoms with Gasteiger partial charge < -0.3 is 4.90 Å². The van der Waals surface area contributed by atoms with Crippen molar-refractivity contribution in [2.45, 2.75) is 38.0 Å². The van der Waals surface area contributed by atoms with Gasteiger partial charge in [-0.25, -0.2) is 13.1 Å². The lowest BCUT2D eigenvalue weighted by Crippen LogP contribution is -2.26. The molecule has 2 N–H and O–H groups in total. The van der Waals surface area contributed by atoms with E-state index < -0.39 is 10.0 Å². The Morgan fingerprint density at radius 3 is 2.42 bits per heavy atom. The first-order chi connectivity index (χ1) is 11.5. The van der Waals surface area contributed by atoms with Crippen LogP contribution in [0.3, 0.4) is 0 Å². The van der Waals surface area contributed by atoms with Crippen LogP contribution in [0.25, 0.3) is 0 Å². The highest BCUT2D eigenvalue weighted by Gasteiger charge is 2.21. The van der Waals surface area contributed by atoms with Crippen molar-refractivity contribution in [3.05, 3.63) is 41.2 Å². The van der Waals surface area contributed by atoms with Crippen molar-refractivity contribution in [3.8, 4) is 0 Å². The average molecular weight is 348 g/mol. The molecule has 0 unspecified atom stereocenters. The Morgan fingerprint density at radius 2 is 1.83 bits per heavy atom. The fourth-order valence-corrected chi connectivity index (χ4v) is 4.59. The van der Waals surface area contributed by atoms with Gasteiger partial charge in [0.25, 0.3) is 0 Å². The maximum atomic E-state index is 12.4. The number of nitrogens with one attached hydrogen (secondary N) is 2. The van der Waals surface area contributed by atoms with Gasteiger partial charge in [0.05, 0.1) is 11.4 Å². The SMILES string of the molecule is Cc1n[nH]c(C)c1S(=O)(=O)NCCc1ccc(N2CCCC2)cc1. The largest absolute Gasteiger partial charge is 0.372 e. The van der Waals surface area contributed by atoms with Gasteiger partial charge in [0.15, 0.2) is 0 Å². The van der Waals surface area contributed by atoms with Gasteiger partial charge >= 0.3 is 0 Å². The fraction of sp³-hybridized carbons (Fsp3) is 0.471. The van der Waals surface area contributed by atoms with E-state index in [2.05, 4.69) is 44.1 Å². The zero-order chi connectivity index (χ0) is 17.2. The van der Waals surface area contributed by atoms with Crippen LogP contribution in [0.15, 0.2) is 29.2 Å². The fourth-order valence-electron chi connectivity index (χ4n) is 3.19. The maximum absolute atomic E-state index is 12.4. The van der Waals surface area contributed by atoms with Gasteiger partial charge in [0, 0.05) is 25.3 Å². The van der Waals surface area contributed by atoms with Gasteiger partial charge in [-0.15, -0.1) is 0 Å². The summed E-state index contributed by atoms with van der Waals surface area (Å²) in [6.07, 6.45) is 3.18. The lowest BCUT2D eigenvalue weighted by molar-refractivity contribution is 0.580. The normalized spacial score (nSPS) is 15.2. The van der Waals surface area contributed by atoms with Gasteiger partial charge in [-0.05, 0) is 50.8 Å². The van der Waals surface area contributed by atoms with Gasteiger partial charge in [0.1, 0.15) is 4.90 Å². The van der Waals surface area contributed by atoms with Crippen molar-refractivity contribution in [3.63, 3.8) is 0 Å². The van der Waals surface area contributed by atoms with E-state index in [0.717, 1.165) is 18.7 Å². The number of aryl methyl sites for hydroxylation is 2. The van der Waals surface area contributed by atoms with Crippen molar-refractivity contribution in [1.29, 1.82) is 0 Å². The topological polar surface area (TPSA) is 78.1 Å². The lowest BCUT2D eigenvalue weighted by Gasteiger charge is -2.17. The van der Waals surface area contributed by atoms with Crippen LogP contribution in [-0.2, 0) is 16.4 Å². The average Bonchev–Trinajstić information content (AvgIpc) is 3.18. The number of aromatic amines is 1. The van der Waals surface area contributed by atoms with Crippen molar-refractivity contribution in [2.75, 3.05) is 24.5 Å². The van der Waals surface area contributed by atoms with Crippen molar-refractivity contribution in [1.82, 2.24) is 14.9 Å². The molecule has 0 amide bonds. The monoisotopic (exact) mass is 348 g/mol. The third-order valence-electron chi connectivity index (χ3n) is 4.44. The Balaban J connectivity index is 1.58. The maximum Gasteiger partial charge on any atom is 0.244 e. The number of sulfonamides is 1. The summed E-state index contributed by atoms with van der Waals surface area (Å²) in [5.41, 5.74) is 3.44. The smallest absolute Gasteiger partial charge is 0.244 e. The summed E-state index contributed by atoms with van der Waals surface area (Å²) in [5.74, 6) is 0. The molecule has 1 saturated heterocycles. The quantitative estimate of drug-likeness (QED) is 0.838. The molecule has 0 bridgehead atoms. The molecule has 2 heterocycles. The van der Waals surface area contributed by atoms with E-state index in [1.54, 1.807) is 13.8 Å². The molecule has 0 saturated carbocycles. The molecule has 0 aliphatic carbocycles. The zero-order valence-corrected chi connectivity index (χ0v) is 15.0. The number of hydrogen-bond donors (Lipinski definition) is 2. The second kappa shape index (κ2) is 6.94. The molecular formula is C17H24N4O2S. The minimum atomic E-state index is -3.52. The zero-order valence-electron chi connectivity index (χ0n) is 14.2. The van der Waals surface area contributed by atoms with Crippen LogP contribution >= 0.6 is 0 Å². The third-order valence-corrected chi connectivity index (χ3v) is 6.17. The highest BCUT2D eigenvalue weighted by atomic mass is 32.2. The number of nitrogens with zero attached hydrogens (tertiary/aromatic N) is 2. The Morgan fingerprint density at radius 1 is 1.17 bits per heavy atom. The molecule has 1 fully saturated rings. The highest BCUT2D eigenvalue weighted by Crippen LogP contribution is 2.20. The molecule has 3 rings (SSSR count).